The molecule has 39 heavy (non-hydrogen) atoms. The molecule has 0 radical (unpaired) electrons. The Morgan fingerprint density at radius 2 is 1.72 bits per heavy atom. The van der Waals surface area contributed by atoms with Gasteiger partial charge in [0, 0.05) is 51.3 Å². The fourth-order valence-corrected chi connectivity index (χ4v) is 6.17. The first-order valence-corrected chi connectivity index (χ1v) is 14.5. The smallest absolute Gasteiger partial charge is 0.124 e. The van der Waals surface area contributed by atoms with Gasteiger partial charge in [-0.2, -0.15) is 0 Å². The number of aromatic nitrogens is 2. The molecule has 6 rings (SSSR count). The molecule has 0 aliphatic carbocycles. The normalized spacial score (nSPS) is 12.9. The summed E-state index contributed by atoms with van der Waals surface area (Å²) in [5, 5.41) is 9.86. The lowest BCUT2D eigenvalue weighted by Gasteiger charge is -2.16. The maximum Gasteiger partial charge on any atom is 0.124 e. The molecule has 2 aromatic heterocycles. The van der Waals surface area contributed by atoms with Crippen molar-refractivity contribution in [3.8, 4) is 5.69 Å². The van der Waals surface area contributed by atoms with E-state index in [0.717, 1.165) is 63.5 Å². The highest BCUT2D eigenvalue weighted by molar-refractivity contribution is 7.80. The molecular weight excluding hydrogens is 543 g/mol. The van der Waals surface area contributed by atoms with E-state index in [1.54, 1.807) is 0 Å². The zero-order chi connectivity index (χ0) is 26.9. The average molecular weight is 574 g/mol. The third-order valence-corrected chi connectivity index (χ3v) is 8.57. The van der Waals surface area contributed by atoms with Gasteiger partial charge < -0.3 is 19.8 Å². The van der Waals surface area contributed by atoms with E-state index in [9.17, 15) is 0 Å². The van der Waals surface area contributed by atoms with Crippen molar-refractivity contribution in [2.24, 2.45) is 0 Å². The molecule has 2 N–H and O–H groups in total. The Hall–Kier alpha value is -3.25. The highest BCUT2D eigenvalue weighted by Gasteiger charge is 2.27. The molecule has 1 aliphatic heterocycles. The van der Waals surface area contributed by atoms with Crippen molar-refractivity contribution < 1.29 is 0 Å². The fourth-order valence-electron chi connectivity index (χ4n) is 5.60. The number of rotatable bonds is 7. The van der Waals surface area contributed by atoms with E-state index in [1.807, 2.05) is 30.3 Å². The molecule has 0 bridgehead atoms. The summed E-state index contributed by atoms with van der Waals surface area (Å²) in [7, 11) is 0. The second-order valence-corrected chi connectivity index (χ2v) is 11.3. The van der Waals surface area contributed by atoms with Gasteiger partial charge in [0.05, 0.1) is 17.8 Å². The van der Waals surface area contributed by atoms with Crippen LogP contribution >= 0.6 is 35.4 Å². The number of halogens is 2. The van der Waals surface area contributed by atoms with E-state index in [0.29, 0.717) is 13.1 Å². The third-order valence-electron chi connectivity index (χ3n) is 7.57. The number of thiocarbonyl (C=S) groups is 1. The maximum absolute atomic E-state index is 6.39. The maximum atomic E-state index is 6.39. The Morgan fingerprint density at radius 3 is 2.51 bits per heavy atom. The first-order chi connectivity index (χ1) is 19.0. The Labute approximate surface area is 244 Å². The molecular formula is C32H30Cl2N4S. The Kier molecular flexibility index (Phi) is 7.39. The molecule has 3 aromatic carbocycles. The summed E-state index contributed by atoms with van der Waals surface area (Å²) < 4.78 is 4.84. The zero-order valence-corrected chi connectivity index (χ0v) is 24.1. The van der Waals surface area contributed by atoms with Crippen LogP contribution < -0.4 is 10.6 Å². The first-order valence-electron chi connectivity index (χ1n) is 13.3. The number of benzene rings is 3. The van der Waals surface area contributed by atoms with Crippen LogP contribution in [0.3, 0.4) is 0 Å². The van der Waals surface area contributed by atoms with Gasteiger partial charge in [-0.05, 0) is 79.8 Å². The van der Waals surface area contributed by atoms with Crippen LogP contribution in [0.4, 0.5) is 5.69 Å². The average Bonchev–Trinajstić information content (AvgIpc) is 3.35. The number of hydrogen-bond donors (Lipinski definition) is 2. The highest BCUT2D eigenvalue weighted by atomic mass is 35.5. The monoisotopic (exact) mass is 572 g/mol. The van der Waals surface area contributed by atoms with Gasteiger partial charge in [0.1, 0.15) is 4.99 Å². The predicted octanol–water partition coefficient (Wildman–Crippen LogP) is 8.46. The van der Waals surface area contributed by atoms with Gasteiger partial charge in [-0.3, -0.25) is 0 Å². The summed E-state index contributed by atoms with van der Waals surface area (Å²) in [6.45, 7) is 4.41. The first kappa shape index (κ1) is 26.0. The van der Waals surface area contributed by atoms with Crippen LogP contribution in [0.25, 0.3) is 16.6 Å². The van der Waals surface area contributed by atoms with Gasteiger partial charge in [-0.25, -0.2) is 0 Å². The summed E-state index contributed by atoms with van der Waals surface area (Å²) in [5.41, 5.74) is 9.26. The number of anilines is 1. The quantitative estimate of drug-likeness (QED) is 0.192. The second-order valence-electron chi connectivity index (χ2n) is 10.0. The van der Waals surface area contributed by atoms with Crippen molar-refractivity contribution in [2.45, 2.75) is 45.8 Å². The number of nitrogens with zero attached hydrogens (tertiary/aromatic N) is 2. The van der Waals surface area contributed by atoms with Crippen LogP contribution in [0.2, 0.25) is 10.0 Å². The molecule has 7 heteroatoms. The van der Waals surface area contributed by atoms with Crippen molar-refractivity contribution in [3.63, 3.8) is 0 Å². The van der Waals surface area contributed by atoms with E-state index in [-0.39, 0.29) is 0 Å². The molecule has 1 aliphatic rings. The van der Waals surface area contributed by atoms with Crippen molar-refractivity contribution in [2.75, 3.05) is 5.32 Å². The second kappa shape index (κ2) is 11.1. The minimum absolute atomic E-state index is 0.672. The molecule has 0 spiro atoms. The largest absolute Gasteiger partial charge is 0.379 e. The Balaban J connectivity index is 1.45. The summed E-state index contributed by atoms with van der Waals surface area (Å²) in [4.78, 5) is 0.743. The van der Waals surface area contributed by atoms with Crippen LogP contribution in [0, 0.1) is 6.92 Å². The molecule has 0 saturated heterocycles. The van der Waals surface area contributed by atoms with Crippen molar-refractivity contribution in [3.05, 3.63) is 117 Å². The summed E-state index contributed by atoms with van der Waals surface area (Å²) in [6.07, 6.45) is 3.25. The minimum atomic E-state index is 0.672. The Morgan fingerprint density at radius 1 is 0.923 bits per heavy atom. The van der Waals surface area contributed by atoms with Crippen molar-refractivity contribution in [1.82, 2.24) is 14.5 Å². The third kappa shape index (κ3) is 5.07. The molecule has 3 heterocycles. The lowest BCUT2D eigenvalue weighted by molar-refractivity contribution is 0.624. The number of hydrogen-bond acceptors (Lipinski definition) is 2. The van der Waals surface area contributed by atoms with Crippen LogP contribution in [0.15, 0.2) is 78.9 Å². The molecule has 0 amide bonds. The summed E-state index contributed by atoms with van der Waals surface area (Å²) >= 11 is 18.8. The molecule has 0 atom stereocenters. The lowest BCUT2D eigenvalue weighted by Crippen LogP contribution is -2.24. The van der Waals surface area contributed by atoms with E-state index in [4.69, 9.17) is 35.4 Å². The van der Waals surface area contributed by atoms with Crippen molar-refractivity contribution >= 4 is 57.0 Å². The molecule has 0 fully saturated rings. The topological polar surface area (TPSA) is 33.9 Å². The molecule has 4 nitrogen and oxygen atoms in total. The van der Waals surface area contributed by atoms with Crippen LogP contribution in [0.5, 0.6) is 0 Å². The summed E-state index contributed by atoms with van der Waals surface area (Å²) in [5.74, 6) is 0. The fraction of sp³-hybridized carbons (Fsp3) is 0.219. The lowest BCUT2D eigenvalue weighted by atomic mass is 10.2. The van der Waals surface area contributed by atoms with Crippen LogP contribution in [0.1, 0.15) is 41.1 Å². The standard InChI is InChI=1S/C32H30Cl2N4S/c1-21-27(34)10-7-11-28(21)35-20-25-18-26-30-29(12-5-6-17-37(25)30)38(24-15-13-23(33)14-16-24)31(26)32(39)36-19-22-8-3-2-4-9-22/h2-4,7-11,13-16,18,35H,5-6,12,17,19-20H2,1H3,(H,36,39). The van der Waals surface area contributed by atoms with Gasteiger partial charge in [0.2, 0.25) is 0 Å². The predicted molar refractivity (Wildman–Crippen MR) is 168 cm³/mol. The minimum Gasteiger partial charge on any atom is -0.379 e. The molecule has 198 valence electrons. The van der Waals surface area contributed by atoms with Gasteiger partial charge in [-0.15, -0.1) is 0 Å². The van der Waals surface area contributed by atoms with Gasteiger partial charge >= 0.3 is 0 Å². The van der Waals surface area contributed by atoms with Crippen LogP contribution in [-0.4, -0.2) is 14.1 Å². The van der Waals surface area contributed by atoms with Gasteiger partial charge in [0.15, 0.2) is 0 Å². The SMILES string of the molecule is Cc1c(Cl)cccc1NCc1cc2c(C(=S)NCc3ccccc3)n(-c3ccc(Cl)cc3)c3c2n1CCCC3. The molecule has 0 saturated carbocycles. The zero-order valence-electron chi connectivity index (χ0n) is 21.8. The van der Waals surface area contributed by atoms with E-state index < -0.39 is 0 Å². The van der Waals surface area contributed by atoms with E-state index in [1.165, 1.54) is 27.9 Å². The van der Waals surface area contributed by atoms with E-state index >= 15 is 0 Å². The number of nitrogens with one attached hydrogen (secondary N) is 2. The van der Waals surface area contributed by atoms with Gasteiger partial charge in [-0.1, -0.05) is 71.8 Å². The number of aryl methyl sites for hydroxylation is 2. The summed E-state index contributed by atoms with van der Waals surface area (Å²) in [6, 6.07) is 26.8. The van der Waals surface area contributed by atoms with Crippen LogP contribution in [-0.2, 0) is 26.1 Å². The van der Waals surface area contributed by atoms with E-state index in [2.05, 4.69) is 75.2 Å². The Bertz CT molecular complexity index is 1650. The molecule has 5 aromatic rings. The van der Waals surface area contributed by atoms with Crippen molar-refractivity contribution in [1.29, 1.82) is 0 Å². The van der Waals surface area contributed by atoms with Gasteiger partial charge in [0.25, 0.3) is 0 Å². The highest BCUT2D eigenvalue weighted by Crippen LogP contribution is 2.36. The molecule has 0 unspecified atom stereocenters.